The number of para-hydroxylation sites is 1. The fourth-order valence-corrected chi connectivity index (χ4v) is 4.78. The van der Waals surface area contributed by atoms with Gasteiger partial charge in [-0.3, -0.25) is 9.59 Å². The van der Waals surface area contributed by atoms with Crippen LogP contribution in [0.15, 0.2) is 60.0 Å². The van der Waals surface area contributed by atoms with Crippen LogP contribution in [0.3, 0.4) is 0 Å². The van der Waals surface area contributed by atoms with Crippen LogP contribution in [0.5, 0.6) is 5.75 Å². The predicted octanol–water partition coefficient (Wildman–Crippen LogP) is 3.69. The van der Waals surface area contributed by atoms with Gasteiger partial charge in [-0.2, -0.15) is 0 Å². The summed E-state index contributed by atoms with van der Waals surface area (Å²) in [5.74, 6) is -0.541. The van der Waals surface area contributed by atoms with Gasteiger partial charge >= 0.3 is 5.97 Å². The first-order chi connectivity index (χ1) is 15.2. The number of nitrogens with zero attached hydrogens (tertiary/aromatic N) is 1. The minimum absolute atomic E-state index is 0.0863. The number of carbonyl (C=O) groups is 2. The summed E-state index contributed by atoms with van der Waals surface area (Å²) in [7, 11) is -3.36. The molecule has 1 atom stereocenters. The molecule has 3 rings (SSSR count). The summed E-state index contributed by atoms with van der Waals surface area (Å²) in [4.78, 5) is 26.2. The second-order valence-electron chi connectivity index (χ2n) is 7.35. The Morgan fingerprint density at radius 3 is 2.56 bits per heavy atom. The van der Waals surface area contributed by atoms with Crippen molar-refractivity contribution in [2.24, 2.45) is 0 Å². The summed E-state index contributed by atoms with van der Waals surface area (Å²) in [6.07, 6.45) is 1.97. The van der Waals surface area contributed by atoms with Gasteiger partial charge in [0, 0.05) is 22.5 Å². The van der Waals surface area contributed by atoms with Gasteiger partial charge in [-0.1, -0.05) is 29.8 Å². The van der Waals surface area contributed by atoms with Crippen molar-refractivity contribution < 1.29 is 27.5 Å². The van der Waals surface area contributed by atoms with Crippen LogP contribution in [-0.4, -0.2) is 45.3 Å². The summed E-state index contributed by atoms with van der Waals surface area (Å²) in [5, 5.41) is 1.73. The standard InChI is InChI=1S/C23H24ClNO6S/c1-17-14-18(24)9-10-21(17)30-12-5-8-23(27)31-15-22(26)25(19-6-3-2-4-7-19)20-11-13-32(28,29)16-20/h2-4,6-7,9-11,13-14,20H,5,8,12,15-16H2,1H3. The molecule has 0 saturated carbocycles. The van der Waals surface area contributed by atoms with Gasteiger partial charge in [0.2, 0.25) is 0 Å². The molecular weight excluding hydrogens is 454 g/mol. The Kier molecular flexibility index (Phi) is 7.93. The number of rotatable bonds is 9. The second kappa shape index (κ2) is 10.7. The monoisotopic (exact) mass is 477 g/mol. The number of aryl methyl sites for hydroxylation is 1. The van der Waals surface area contributed by atoms with E-state index in [0.717, 1.165) is 11.0 Å². The number of esters is 1. The fraction of sp³-hybridized carbons (Fsp3) is 0.304. The number of anilines is 1. The molecule has 170 valence electrons. The molecule has 1 aliphatic rings. The first kappa shape index (κ1) is 23.8. The molecule has 0 aromatic heterocycles. The quantitative estimate of drug-likeness (QED) is 0.404. The Morgan fingerprint density at radius 2 is 1.91 bits per heavy atom. The third kappa shape index (κ3) is 6.58. The van der Waals surface area contributed by atoms with Crippen molar-refractivity contribution in [3.63, 3.8) is 0 Å². The maximum absolute atomic E-state index is 12.8. The number of benzene rings is 2. The van der Waals surface area contributed by atoms with Gasteiger partial charge in [0.15, 0.2) is 16.4 Å². The average molecular weight is 478 g/mol. The van der Waals surface area contributed by atoms with Crippen LogP contribution in [0.1, 0.15) is 18.4 Å². The molecule has 0 N–H and O–H groups in total. The van der Waals surface area contributed by atoms with Crippen molar-refractivity contribution in [3.8, 4) is 5.75 Å². The third-order valence-corrected chi connectivity index (χ3v) is 6.44. The lowest BCUT2D eigenvalue weighted by Gasteiger charge is -2.27. The highest BCUT2D eigenvalue weighted by Crippen LogP contribution is 2.23. The van der Waals surface area contributed by atoms with Crippen molar-refractivity contribution in [1.82, 2.24) is 0 Å². The van der Waals surface area contributed by atoms with E-state index in [2.05, 4.69) is 0 Å². The van der Waals surface area contributed by atoms with Crippen LogP contribution in [0.25, 0.3) is 0 Å². The van der Waals surface area contributed by atoms with E-state index < -0.39 is 34.4 Å². The lowest BCUT2D eigenvalue weighted by atomic mass is 10.2. The number of amides is 1. The molecule has 1 unspecified atom stereocenters. The Labute approximate surface area is 192 Å². The van der Waals surface area contributed by atoms with E-state index in [1.54, 1.807) is 48.5 Å². The van der Waals surface area contributed by atoms with Crippen molar-refractivity contribution in [3.05, 3.63) is 70.6 Å². The van der Waals surface area contributed by atoms with Gasteiger partial charge in [0.05, 0.1) is 18.4 Å². The van der Waals surface area contributed by atoms with Crippen molar-refractivity contribution in [2.45, 2.75) is 25.8 Å². The van der Waals surface area contributed by atoms with Gasteiger partial charge in [-0.25, -0.2) is 8.42 Å². The molecule has 1 heterocycles. The number of sulfone groups is 1. The number of halogens is 1. The first-order valence-electron chi connectivity index (χ1n) is 10.1. The maximum Gasteiger partial charge on any atom is 0.306 e. The van der Waals surface area contributed by atoms with Crippen molar-refractivity contribution in [1.29, 1.82) is 0 Å². The summed E-state index contributed by atoms with van der Waals surface area (Å²) >= 11 is 5.92. The smallest absolute Gasteiger partial charge is 0.306 e. The molecule has 0 spiro atoms. The molecule has 2 aromatic carbocycles. The maximum atomic E-state index is 12.8. The van der Waals surface area contributed by atoms with Gasteiger partial charge in [0.1, 0.15) is 5.75 Å². The lowest BCUT2D eigenvalue weighted by molar-refractivity contribution is -0.148. The zero-order chi connectivity index (χ0) is 23.1. The highest BCUT2D eigenvalue weighted by molar-refractivity contribution is 7.94. The molecule has 32 heavy (non-hydrogen) atoms. The molecule has 1 aliphatic heterocycles. The Bertz CT molecular complexity index is 1100. The molecule has 0 bridgehead atoms. The lowest BCUT2D eigenvalue weighted by Crippen LogP contribution is -2.43. The van der Waals surface area contributed by atoms with Gasteiger partial charge in [0.25, 0.3) is 5.91 Å². The Morgan fingerprint density at radius 1 is 1.16 bits per heavy atom. The zero-order valence-corrected chi connectivity index (χ0v) is 19.1. The third-order valence-electron chi connectivity index (χ3n) is 4.82. The van der Waals surface area contributed by atoms with E-state index in [9.17, 15) is 18.0 Å². The van der Waals surface area contributed by atoms with Crippen LogP contribution < -0.4 is 9.64 Å². The van der Waals surface area contributed by atoms with Crippen molar-refractivity contribution in [2.75, 3.05) is 23.9 Å². The molecule has 7 nitrogen and oxygen atoms in total. The summed E-state index contributed by atoms with van der Waals surface area (Å²) < 4.78 is 34.4. The van der Waals surface area contributed by atoms with Gasteiger partial charge in [-0.15, -0.1) is 0 Å². The molecular formula is C23H24ClNO6S. The predicted molar refractivity (Wildman–Crippen MR) is 123 cm³/mol. The zero-order valence-electron chi connectivity index (χ0n) is 17.6. The van der Waals surface area contributed by atoms with Gasteiger partial charge < -0.3 is 14.4 Å². The largest absolute Gasteiger partial charge is 0.493 e. The van der Waals surface area contributed by atoms with Crippen LogP contribution >= 0.6 is 11.6 Å². The Hall–Kier alpha value is -2.84. The fourth-order valence-electron chi connectivity index (χ4n) is 3.29. The highest BCUT2D eigenvalue weighted by Gasteiger charge is 2.31. The molecule has 9 heteroatoms. The first-order valence-corrected chi connectivity index (χ1v) is 12.2. The van der Waals surface area contributed by atoms with Crippen LogP contribution in [0.4, 0.5) is 5.69 Å². The number of ether oxygens (including phenoxy) is 2. The SMILES string of the molecule is Cc1cc(Cl)ccc1OCCCC(=O)OCC(=O)N(c1ccccc1)C1C=CS(=O)(=O)C1. The minimum atomic E-state index is -3.36. The number of hydrogen-bond acceptors (Lipinski definition) is 6. The number of hydrogen-bond donors (Lipinski definition) is 0. The molecule has 2 aromatic rings. The van der Waals surface area contributed by atoms with Crippen LogP contribution in [0, 0.1) is 6.92 Å². The number of carbonyl (C=O) groups excluding carboxylic acids is 2. The van der Waals surface area contributed by atoms with E-state index >= 15 is 0 Å². The molecule has 1 amide bonds. The van der Waals surface area contributed by atoms with E-state index in [4.69, 9.17) is 21.1 Å². The topological polar surface area (TPSA) is 90.0 Å². The van der Waals surface area contributed by atoms with Crippen LogP contribution in [0.2, 0.25) is 5.02 Å². The molecule has 0 saturated heterocycles. The van der Waals surface area contributed by atoms with Crippen molar-refractivity contribution >= 4 is 39.0 Å². The molecule has 0 fully saturated rings. The summed E-state index contributed by atoms with van der Waals surface area (Å²) in [5.41, 5.74) is 1.43. The highest BCUT2D eigenvalue weighted by atomic mass is 35.5. The van der Waals surface area contributed by atoms with Gasteiger partial charge in [-0.05, 0) is 55.3 Å². The van der Waals surface area contributed by atoms with E-state index in [0.29, 0.717) is 29.5 Å². The normalized spacial score (nSPS) is 16.5. The van der Waals surface area contributed by atoms with E-state index in [1.807, 2.05) is 6.92 Å². The minimum Gasteiger partial charge on any atom is -0.493 e. The Balaban J connectivity index is 1.50. The summed E-state index contributed by atoms with van der Waals surface area (Å²) in [6, 6.07) is 13.3. The summed E-state index contributed by atoms with van der Waals surface area (Å²) in [6.45, 7) is 1.71. The van der Waals surface area contributed by atoms with Crippen LogP contribution in [-0.2, 0) is 24.2 Å². The molecule has 0 aliphatic carbocycles. The van der Waals surface area contributed by atoms with E-state index in [1.165, 1.54) is 11.0 Å². The average Bonchev–Trinajstić information content (AvgIpc) is 3.11. The molecule has 0 radical (unpaired) electrons. The van der Waals surface area contributed by atoms with E-state index in [-0.39, 0.29) is 12.2 Å². The second-order valence-corrected chi connectivity index (χ2v) is 9.71.